The van der Waals surface area contributed by atoms with Crippen molar-refractivity contribution in [1.82, 2.24) is 9.61 Å². The predicted molar refractivity (Wildman–Crippen MR) is 80.8 cm³/mol. The first-order valence-electron chi connectivity index (χ1n) is 6.11. The van der Waals surface area contributed by atoms with Gasteiger partial charge in [-0.1, -0.05) is 0 Å². The molecule has 0 aliphatic carbocycles. The van der Waals surface area contributed by atoms with E-state index >= 15 is 0 Å². The van der Waals surface area contributed by atoms with Crippen LogP contribution in [0.2, 0.25) is 0 Å². The first kappa shape index (κ1) is 13.6. The predicted octanol–water partition coefficient (Wildman–Crippen LogP) is 4.11. The van der Waals surface area contributed by atoms with E-state index in [0.717, 1.165) is 9.99 Å². The van der Waals surface area contributed by atoms with Gasteiger partial charge in [-0.25, -0.2) is 4.52 Å². The van der Waals surface area contributed by atoms with E-state index in [4.69, 9.17) is 4.74 Å². The van der Waals surface area contributed by atoms with Crippen LogP contribution in [-0.2, 0) is 0 Å². The number of fused-ring (bicyclic) bond motifs is 1. The molecule has 0 saturated heterocycles. The van der Waals surface area contributed by atoms with Crippen LogP contribution < -0.4 is 4.74 Å². The van der Waals surface area contributed by atoms with Gasteiger partial charge < -0.3 is 4.74 Å². The highest BCUT2D eigenvalue weighted by Gasteiger charge is 2.12. The van der Waals surface area contributed by atoms with Crippen LogP contribution in [0.5, 0.6) is 11.5 Å². The maximum Gasteiger partial charge on any atom is 0.269 e. The lowest BCUT2D eigenvalue weighted by atomic mass is 10.2. The number of hydrogen-bond acceptors (Lipinski definition) is 4. The summed E-state index contributed by atoms with van der Waals surface area (Å²) in [6.45, 7) is 1.77. The third-order valence-electron chi connectivity index (χ3n) is 3.06. The van der Waals surface area contributed by atoms with Gasteiger partial charge in [0.1, 0.15) is 11.3 Å². The van der Waals surface area contributed by atoms with Crippen molar-refractivity contribution in [3.8, 4) is 11.5 Å². The van der Waals surface area contributed by atoms with Crippen LogP contribution in [0, 0.1) is 17.0 Å². The molecule has 3 aromatic rings. The molecular formula is C14H10BrN3O3. The molecule has 2 aromatic heterocycles. The minimum atomic E-state index is -0.426. The Morgan fingerprint density at radius 2 is 2.10 bits per heavy atom. The van der Waals surface area contributed by atoms with Crippen LogP contribution in [0.3, 0.4) is 0 Å². The number of non-ortho nitro benzene ring substituents is 1. The lowest BCUT2D eigenvalue weighted by Crippen LogP contribution is -1.95. The molecule has 2 heterocycles. The van der Waals surface area contributed by atoms with E-state index < -0.39 is 4.92 Å². The number of aryl methyl sites for hydroxylation is 1. The number of aromatic nitrogens is 2. The molecule has 0 spiro atoms. The summed E-state index contributed by atoms with van der Waals surface area (Å²) in [4.78, 5) is 10.3. The van der Waals surface area contributed by atoms with Gasteiger partial charge in [-0.2, -0.15) is 5.10 Å². The fourth-order valence-electron chi connectivity index (χ4n) is 2.04. The number of nitrogens with zero attached hydrogens (tertiary/aromatic N) is 3. The van der Waals surface area contributed by atoms with Gasteiger partial charge >= 0.3 is 0 Å². The van der Waals surface area contributed by atoms with E-state index in [1.165, 1.54) is 12.1 Å². The van der Waals surface area contributed by atoms with Crippen molar-refractivity contribution in [3.05, 3.63) is 62.9 Å². The fraction of sp³-hybridized carbons (Fsp3) is 0.0714. The second-order valence-corrected chi connectivity index (χ2v) is 5.32. The van der Waals surface area contributed by atoms with Crippen molar-refractivity contribution in [2.75, 3.05) is 0 Å². The zero-order valence-electron chi connectivity index (χ0n) is 11.0. The van der Waals surface area contributed by atoms with Gasteiger partial charge in [0.15, 0.2) is 5.75 Å². The number of nitro benzene ring substituents is 1. The van der Waals surface area contributed by atoms with Crippen molar-refractivity contribution in [2.45, 2.75) is 6.92 Å². The molecule has 0 atom stereocenters. The number of ether oxygens (including phenoxy) is 1. The van der Waals surface area contributed by atoms with Crippen LogP contribution in [0.4, 0.5) is 5.69 Å². The first-order valence-corrected chi connectivity index (χ1v) is 6.90. The molecule has 1 aromatic carbocycles. The quantitative estimate of drug-likeness (QED) is 0.528. The summed E-state index contributed by atoms with van der Waals surface area (Å²) in [5.41, 5.74) is 1.54. The SMILES string of the molecule is Cc1cc([N+](=O)[O-])ccc1Oc1ccnn2ccc(Br)c12. The zero-order chi connectivity index (χ0) is 15.0. The van der Waals surface area contributed by atoms with Gasteiger partial charge in [0.2, 0.25) is 0 Å². The summed E-state index contributed by atoms with van der Waals surface area (Å²) >= 11 is 3.45. The highest BCUT2D eigenvalue weighted by molar-refractivity contribution is 9.10. The molecule has 0 radical (unpaired) electrons. The number of hydrogen-bond donors (Lipinski definition) is 0. The Hall–Kier alpha value is -2.41. The topological polar surface area (TPSA) is 69.7 Å². The van der Waals surface area contributed by atoms with Crippen molar-refractivity contribution >= 4 is 27.1 Å². The van der Waals surface area contributed by atoms with E-state index in [0.29, 0.717) is 17.1 Å². The largest absolute Gasteiger partial charge is 0.455 e. The van der Waals surface area contributed by atoms with Crippen LogP contribution in [0.15, 0.2) is 47.2 Å². The molecule has 0 N–H and O–H groups in total. The van der Waals surface area contributed by atoms with Gasteiger partial charge in [0, 0.05) is 28.9 Å². The third kappa shape index (κ3) is 2.47. The van der Waals surface area contributed by atoms with Gasteiger partial charge in [0.05, 0.1) is 11.1 Å². The molecule has 106 valence electrons. The highest BCUT2D eigenvalue weighted by Crippen LogP contribution is 2.33. The fourth-order valence-corrected chi connectivity index (χ4v) is 2.54. The average molecular weight is 348 g/mol. The van der Waals surface area contributed by atoms with Gasteiger partial charge in [0.25, 0.3) is 5.69 Å². The Labute approximate surface area is 128 Å². The van der Waals surface area contributed by atoms with Crippen LogP contribution in [-0.4, -0.2) is 14.5 Å². The van der Waals surface area contributed by atoms with E-state index in [1.807, 2.05) is 12.3 Å². The second-order valence-electron chi connectivity index (χ2n) is 4.46. The third-order valence-corrected chi connectivity index (χ3v) is 3.70. The maximum atomic E-state index is 10.8. The molecule has 0 unspecified atom stereocenters. The number of rotatable bonds is 3. The molecule has 21 heavy (non-hydrogen) atoms. The smallest absolute Gasteiger partial charge is 0.269 e. The van der Waals surface area contributed by atoms with Crippen molar-refractivity contribution < 1.29 is 9.66 Å². The Morgan fingerprint density at radius 1 is 1.29 bits per heavy atom. The molecule has 0 aliphatic rings. The zero-order valence-corrected chi connectivity index (χ0v) is 12.6. The maximum absolute atomic E-state index is 10.8. The summed E-state index contributed by atoms with van der Waals surface area (Å²) in [6.07, 6.45) is 3.45. The van der Waals surface area contributed by atoms with Crippen molar-refractivity contribution in [2.24, 2.45) is 0 Å². The molecule has 0 amide bonds. The van der Waals surface area contributed by atoms with Gasteiger partial charge in [-0.3, -0.25) is 10.1 Å². The van der Waals surface area contributed by atoms with Crippen molar-refractivity contribution in [3.63, 3.8) is 0 Å². The lowest BCUT2D eigenvalue weighted by molar-refractivity contribution is -0.384. The molecule has 3 rings (SSSR count). The van der Waals surface area contributed by atoms with E-state index in [2.05, 4.69) is 21.0 Å². The normalized spacial score (nSPS) is 10.8. The molecule has 7 heteroatoms. The molecule has 0 bridgehead atoms. The summed E-state index contributed by atoms with van der Waals surface area (Å²) in [6, 6.07) is 8.13. The summed E-state index contributed by atoms with van der Waals surface area (Å²) in [7, 11) is 0. The first-order chi connectivity index (χ1) is 10.1. The Balaban J connectivity index is 2.03. The summed E-state index contributed by atoms with van der Waals surface area (Å²) < 4.78 is 8.44. The molecular weight excluding hydrogens is 338 g/mol. The monoisotopic (exact) mass is 347 g/mol. The van der Waals surface area contributed by atoms with E-state index in [9.17, 15) is 10.1 Å². The Morgan fingerprint density at radius 3 is 2.81 bits per heavy atom. The molecule has 0 aliphatic heterocycles. The lowest BCUT2D eigenvalue weighted by Gasteiger charge is -2.10. The van der Waals surface area contributed by atoms with Crippen LogP contribution in [0.1, 0.15) is 5.56 Å². The number of halogens is 1. The minimum absolute atomic E-state index is 0.0450. The summed E-state index contributed by atoms with van der Waals surface area (Å²) in [5, 5.41) is 14.9. The van der Waals surface area contributed by atoms with Gasteiger partial charge in [-0.15, -0.1) is 0 Å². The number of benzene rings is 1. The Kier molecular flexibility index (Phi) is 3.34. The molecule has 6 nitrogen and oxygen atoms in total. The van der Waals surface area contributed by atoms with Crippen molar-refractivity contribution in [1.29, 1.82) is 0 Å². The Bertz CT molecular complexity index is 845. The highest BCUT2D eigenvalue weighted by atomic mass is 79.9. The van der Waals surface area contributed by atoms with E-state index in [-0.39, 0.29) is 5.69 Å². The van der Waals surface area contributed by atoms with Gasteiger partial charge in [-0.05, 0) is 40.5 Å². The average Bonchev–Trinajstić information content (AvgIpc) is 2.83. The molecule has 0 saturated carbocycles. The minimum Gasteiger partial charge on any atom is -0.455 e. The van der Waals surface area contributed by atoms with E-state index in [1.54, 1.807) is 29.8 Å². The standard InChI is InChI=1S/C14H10BrN3O3/c1-9-8-10(18(19)20)2-3-12(9)21-13-4-6-16-17-7-5-11(15)14(13)17/h2-8H,1H3. The second kappa shape index (κ2) is 5.17. The number of nitro groups is 1. The molecule has 0 fully saturated rings. The van der Waals surface area contributed by atoms with Crippen LogP contribution >= 0.6 is 15.9 Å². The summed E-state index contributed by atoms with van der Waals surface area (Å²) in [5.74, 6) is 1.20. The van der Waals surface area contributed by atoms with Crippen LogP contribution in [0.25, 0.3) is 5.52 Å².